The molecule has 1 saturated carbocycles. The van der Waals surface area contributed by atoms with Gasteiger partial charge in [0.15, 0.2) is 18.0 Å². The third kappa shape index (κ3) is 5.85. The summed E-state index contributed by atoms with van der Waals surface area (Å²) in [5, 5.41) is 41.2. The summed E-state index contributed by atoms with van der Waals surface area (Å²) in [6, 6.07) is -0.0412. The first-order valence-corrected chi connectivity index (χ1v) is 7.65. The summed E-state index contributed by atoms with van der Waals surface area (Å²) in [5.74, 6) is -4.11. The summed E-state index contributed by atoms with van der Waals surface area (Å²) in [6.07, 6.45) is -4.04. The molecule has 11 heteroatoms. The van der Waals surface area contributed by atoms with Crippen LogP contribution in [0.4, 0.5) is 0 Å². The van der Waals surface area contributed by atoms with E-state index < -0.39 is 29.9 Å². The molecule has 1 aliphatic carbocycles. The number of aliphatic hydroxyl groups excluding tert-OH is 3. The van der Waals surface area contributed by atoms with Crippen molar-refractivity contribution in [3.63, 3.8) is 0 Å². The largest absolute Gasteiger partial charge is 0.479 e. The van der Waals surface area contributed by atoms with E-state index in [4.69, 9.17) is 45.5 Å². The minimum Gasteiger partial charge on any atom is -0.479 e. The van der Waals surface area contributed by atoms with Crippen LogP contribution in [-0.2, 0) is 23.8 Å². The van der Waals surface area contributed by atoms with Crippen molar-refractivity contribution >= 4 is 11.9 Å². The van der Waals surface area contributed by atoms with E-state index in [0.717, 1.165) is 6.42 Å². The van der Waals surface area contributed by atoms with Gasteiger partial charge in [-0.05, 0) is 20.3 Å². The van der Waals surface area contributed by atoms with Gasteiger partial charge in [0, 0.05) is 6.04 Å². The van der Waals surface area contributed by atoms with Crippen molar-refractivity contribution < 1.29 is 49.3 Å². The molecule has 6 atom stereocenters. The maximum atomic E-state index is 9.77. The highest BCUT2D eigenvalue weighted by Crippen LogP contribution is 2.38. The van der Waals surface area contributed by atoms with Crippen molar-refractivity contribution in [2.24, 2.45) is 5.73 Å². The van der Waals surface area contributed by atoms with Gasteiger partial charge in [-0.15, -0.1) is 0 Å². The Kier molecular flexibility index (Phi) is 7.68. The van der Waals surface area contributed by atoms with E-state index in [-0.39, 0.29) is 31.0 Å². The molecule has 146 valence electrons. The van der Waals surface area contributed by atoms with Gasteiger partial charge in [-0.25, -0.2) is 9.59 Å². The fourth-order valence-corrected chi connectivity index (χ4v) is 2.61. The van der Waals surface area contributed by atoms with Gasteiger partial charge in [-0.2, -0.15) is 0 Å². The third-order valence-electron chi connectivity index (χ3n) is 3.68. The van der Waals surface area contributed by atoms with Crippen LogP contribution < -0.4 is 5.73 Å². The second-order valence-electron chi connectivity index (χ2n) is 6.16. The predicted molar refractivity (Wildman–Crippen MR) is 80.5 cm³/mol. The molecule has 1 aliphatic heterocycles. The molecule has 11 nitrogen and oxygen atoms in total. The number of ether oxygens (including phenoxy) is 3. The summed E-state index contributed by atoms with van der Waals surface area (Å²) in [7, 11) is 0. The molecule has 4 unspecified atom stereocenters. The van der Waals surface area contributed by atoms with E-state index >= 15 is 0 Å². The van der Waals surface area contributed by atoms with Gasteiger partial charge in [0.25, 0.3) is 0 Å². The number of carboxylic acids is 2. The molecule has 7 N–H and O–H groups in total. The summed E-state index contributed by atoms with van der Waals surface area (Å²) in [6.45, 7) is 4.10. The van der Waals surface area contributed by atoms with E-state index in [9.17, 15) is 9.59 Å². The fourth-order valence-electron chi connectivity index (χ4n) is 2.61. The Morgan fingerprint density at radius 3 is 2.08 bits per heavy atom. The van der Waals surface area contributed by atoms with Crippen LogP contribution in [0.15, 0.2) is 0 Å². The maximum absolute atomic E-state index is 9.77. The Morgan fingerprint density at radius 2 is 1.64 bits per heavy atom. The minimum atomic E-state index is -2.27. The molecular weight excluding hydrogens is 342 g/mol. The van der Waals surface area contributed by atoms with Crippen LogP contribution in [0.5, 0.6) is 0 Å². The topological polar surface area (TPSA) is 189 Å². The summed E-state index contributed by atoms with van der Waals surface area (Å²) >= 11 is 0. The number of carbonyl (C=O) groups is 2. The van der Waals surface area contributed by atoms with Gasteiger partial charge >= 0.3 is 11.9 Å². The highest BCUT2D eigenvalue weighted by molar-refractivity contribution is 5.83. The van der Waals surface area contributed by atoms with E-state index in [1.54, 1.807) is 0 Å². The Hall–Kier alpha value is -1.34. The Balaban J connectivity index is 0.000000275. The van der Waals surface area contributed by atoms with Gasteiger partial charge < -0.3 is 45.5 Å². The van der Waals surface area contributed by atoms with Crippen LogP contribution in [-0.4, -0.2) is 93.0 Å². The van der Waals surface area contributed by atoms with E-state index in [1.807, 2.05) is 13.8 Å². The van der Waals surface area contributed by atoms with Crippen molar-refractivity contribution in [2.45, 2.75) is 62.6 Å². The van der Waals surface area contributed by atoms with Crippen molar-refractivity contribution in [1.82, 2.24) is 0 Å². The van der Waals surface area contributed by atoms with Gasteiger partial charge in [0.05, 0.1) is 19.3 Å². The zero-order valence-corrected chi connectivity index (χ0v) is 13.9. The number of aliphatic hydroxyl groups is 3. The lowest BCUT2D eigenvalue weighted by Gasteiger charge is -2.22. The standard InChI is InChI=1S/C10H19NO4.C4H6O6/c1-10(2)14-8-6(11)5-7(9(8)15-10)13-4-3-12;5-1(3(7)8)2(6)4(9)10/h6-9,12H,3-5,11H2,1-2H3;1-2,5-6H,(H,7,8)(H,9,10)/t6?,7?,8-,9+;/m1./s1. The number of rotatable bonds is 6. The molecular formula is C14H25NO10. The first-order valence-electron chi connectivity index (χ1n) is 7.65. The second-order valence-corrected chi connectivity index (χ2v) is 6.16. The highest BCUT2D eigenvalue weighted by atomic mass is 16.8. The van der Waals surface area contributed by atoms with Crippen LogP contribution in [0, 0.1) is 0 Å². The smallest absolute Gasteiger partial charge is 0.335 e. The molecule has 1 heterocycles. The van der Waals surface area contributed by atoms with Crippen molar-refractivity contribution in [1.29, 1.82) is 0 Å². The van der Waals surface area contributed by atoms with Gasteiger partial charge in [-0.1, -0.05) is 0 Å². The SMILES string of the molecule is CC1(C)O[C@@H]2C(N)CC(OCCO)[C@@H]2O1.O=C(O)C(O)C(O)C(=O)O. The number of aliphatic carboxylic acids is 2. The highest BCUT2D eigenvalue weighted by Gasteiger charge is 2.53. The molecule has 1 saturated heterocycles. The number of hydrogen-bond donors (Lipinski definition) is 6. The average molecular weight is 367 g/mol. The molecule has 0 spiro atoms. The first-order chi connectivity index (χ1) is 11.5. The molecule has 0 aromatic rings. The van der Waals surface area contributed by atoms with Gasteiger partial charge in [0.1, 0.15) is 12.2 Å². The molecule has 0 aromatic heterocycles. The van der Waals surface area contributed by atoms with E-state index in [1.165, 1.54) is 0 Å². The van der Waals surface area contributed by atoms with Crippen molar-refractivity contribution in [2.75, 3.05) is 13.2 Å². The molecule has 2 fully saturated rings. The zero-order chi connectivity index (χ0) is 19.4. The second kappa shape index (κ2) is 8.85. The maximum Gasteiger partial charge on any atom is 0.335 e. The molecule has 0 radical (unpaired) electrons. The first kappa shape index (κ1) is 21.7. The van der Waals surface area contributed by atoms with Crippen molar-refractivity contribution in [3.05, 3.63) is 0 Å². The normalized spacial score (nSPS) is 32.2. The lowest BCUT2D eigenvalue weighted by atomic mass is 10.2. The average Bonchev–Trinajstić information content (AvgIpc) is 2.98. The van der Waals surface area contributed by atoms with Gasteiger partial charge in [0.2, 0.25) is 0 Å². The van der Waals surface area contributed by atoms with Crippen LogP contribution in [0.25, 0.3) is 0 Å². The Bertz CT molecular complexity index is 453. The Labute approximate surface area is 143 Å². The van der Waals surface area contributed by atoms with Crippen molar-refractivity contribution in [3.8, 4) is 0 Å². The fraction of sp³-hybridized carbons (Fsp3) is 0.857. The van der Waals surface area contributed by atoms with Crippen LogP contribution in [0.1, 0.15) is 20.3 Å². The lowest BCUT2D eigenvalue weighted by Crippen LogP contribution is -2.39. The summed E-state index contributed by atoms with van der Waals surface area (Å²) < 4.78 is 16.9. The monoisotopic (exact) mass is 367 g/mol. The Morgan fingerprint density at radius 1 is 1.16 bits per heavy atom. The molecule has 2 aliphatic rings. The number of fused-ring (bicyclic) bond motifs is 1. The predicted octanol–water partition coefficient (Wildman–Crippen LogP) is -2.51. The lowest BCUT2D eigenvalue weighted by molar-refractivity contribution is -0.168. The number of nitrogens with two attached hydrogens (primary N) is 1. The summed E-state index contributed by atoms with van der Waals surface area (Å²) in [4.78, 5) is 19.5. The number of carboxylic acid groups (broad SMARTS) is 2. The zero-order valence-electron chi connectivity index (χ0n) is 13.9. The van der Waals surface area contributed by atoms with Gasteiger partial charge in [-0.3, -0.25) is 0 Å². The molecule has 0 bridgehead atoms. The van der Waals surface area contributed by atoms with Crippen LogP contribution >= 0.6 is 0 Å². The molecule has 25 heavy (non-hydrogen) atoms. The van der Waals surface area contributed by atoms with E-state index in [0.29, 0.717) is 6.61 Å². The van der Waals surface area contributed by atoms with Crippen LogP contribution in [0.2, 0.25) is 0 Å². The summed E-state index contributed by atoms with van der Waals surface area (Å²) in [5.41, 5.74) is 5.96. The molecule has 2 rings (SSSR count). The third-order valence-corrected chi connectivity index (χ3v) is 3.68. The van der Waals surface area contributed by atoms with Crippen LogP contribution in [0.3, 0.4) is 0 Å². The quantitative estimate of drug-likeness (QED) is 0.291. The van der Waals surface area contributed by atoms with E-state index in [2.05, 4.69) is 0 Å². The molecule has 0 aromatic carbocycles. The molecule has 0 amide bonds. The minimum absolute atomic E-state index is 0.0212. The number of hydrogen-bond acceptors (Lipinski definition) is 9.